The van der Waals surface area contributed by atoms with E-state index in [0.29, 0.717) is 24.9 Å². The second-order valence-electron chi connectivity index (χ2n) is 12.3. The Morgan fingerprint density at radius 2 is 1.71 bits per heavy atom. The lowest BCUT2D eigenvalue weighted by molar-refractivity contribution is -0.274. The van der Waals surface area contributed by atoms with Gasteiger partial charge in [-0.2, -0.15) is 0 Å². The molecule has 0 radical (unpaired) electrons. The first-order valence-corrected chi connectivity index (χ1v) is 14.7. The van der Waals surface area contributed by atoms with Gasteiger partial charge in [-0.3, -0.25) is 9.69 Å². The van der Waals surface area contributed by atoms with Crippen molar-refractivity contribution in [1.82, 2.24) is 10.2 Å². The standard InChI is InChI=1S/C34H37F3N2O2/c1-22-31-20-27-9-10-28(19-30(27)33(22,2)16-18-39(31)21-24-3-4-24)32(40)38-17-15-23-5-7-25(8-6-23)26-11-13-29(14-12-26)41-34(35,36)37/h5-14,19,22,24,31H,3-4,15-18,20-21H2,1-2H3,(H,38,40)/t22-,31+,33+/m0/s1. The van der Waals surface area contributed by atoms with Crippen molar-refractivity contribution in [2.45, 2.75) is 63.8 Å². The summed E-state index contributed by atoms with van der Waals surface area (Å²) in [5, 5.41) is 3.09. The molecule has 1 N–H and O–H groups in total. The molecule has 3 atom stereocenters. The van der Waals surface area contributed by atoms with E-state index in [4.69, 9.17) is 0 Å². The van der Waals surface area contributed by atoms with Crippen molar-refractivity contribution in [2.75, 3.05) is 19.6 Å². The van der Waals surface area contributed by atoms with Crippen LogP contribution in [0.4, 0.5) is 13.2 Å². The van der Waals surface area contributed by atoms with Gasteiger partial charge in [0.15, 0.2) is 0 Å². The number of hydrogen-bond donors (Lipinski definition) is 1. The Balaban J connectivity index is 1.05. The summed E-state index contributed by atoms with van der Waals surface area (Å²) in [4.78, 5) is 15.9. The van der Waals surface area contributed by atoms with Crippen LogP contribution >= 0.6 is 0 Å². The summed E-state index contributed by atoms with van der Waals surface area (Å²) in [6, 6.07) is 20.6. The largest absolute Gasteiger partial charge is 0.573 e. The molecule has 3 aromatic rings. The van der Waals surface area contributed by atoms with Crippen molar-refractivity contribution in [2.24, 2.45) is 11.8 Å². The Morgan fingerprint density at radius 1 is 1.02 bits per heavy atom. The minimum absolute atomic E-state index is 0.0462. The summed E-state index contributed by atoms with van der Waals surface area (Å²) in [5.74, 6) is 1.18. The fraction of sp³-hybridized carbons (Fsp3) is 0.441. The number of rotatable bonds is 8. The van der Waals surface area contributed by atoms with Crippen LogP contribution in [0.15, 0.2) is 66.7 Å². The van der Waals surface area contributed by atoms with Gasteiger partial charge in [-0.05, 0) is 108 Å². The number of ether oxygens (including phenoxy) is 1. The molecule has 1 heterocycles. The van der Waals surface area contributed by atoms with E-state index in [9.17, 15) is 18.0 Å². The third kappa shape index (κ3) is 6.01. The third-order valence-electron chi connectivity index (χ3n) is 9.65. The number of piperidine rings is 1. The van der Waals surface area contributed by atoms with Crippen LogP contribution in [0, 0.1) is 11.8 Å². The Kier molecular flexibility index (Phi) is 7.35. The quantitative estimate of drug-likeness (QED) is 0.317. The van der Waals surface area contributed by atoms with Gasteiger partial charge in [0.1, 0.15) is 5.75 Å². The van der Waals surface area contributed by atoms with Crippen molar-refractivity contribution >= 4 is 5.91 Å². The highest BCUT2D eigenvalue weighted by molar-refractivity contribution is 5.94. The highest BCUT2D eigenvalue weighted by Crippen LogP contribution is 2.49. The summed E-state index contributed by atoms with van der Waals surface area (Å²) in [6.07, 6.45) is 0.959. The van der Waals surface area contributed by atoms with Crippen molar-refractivity contribution in [3.8, 4) is 16.9 Å². The van der Waals surface area contributed by atoms with Crippen molar-refractivity contribution in [3.05, 3.63) is 89.0 Å². The van der Waals surface area contributed by atoms with Crippen LogP contribution in [0.5, 0.6) is 5.75 Å². The van der Waals surface area contributed by atoms with E-state index >= 15 is 0 Å². The molecule has 3 aromatic carbocycles. The first kappa shape index (κ1) is 27.8. The van der Waals surface area contributed by atoms with E-state index in [0.717, 1.165) is 47.6 Å². The Morgan fingerprint density at radius 3 is 2.37 bits per heavy atom. The maximum Gasteiger partial charge on any atom is 0.573 e. The number of fused-ring (bicyclic) bond motifs is 4. The van der Waals surface area contributed by atoms with Gasteiger partial charge in [-0.25, -0.2) is 0 Å². The van der Waals surface area contributed by atoms with Gasteiger partial charge in [0, 0.05) is 24.7 Å². The molecule has 0 unspecified atom stereocenters. The van der Waals surface area contributed by atoms with E-state index in [1.165, 1.54) is 42.6 Å². The van der Waals surface area contributed by atoms with Crippen LogP contribution < -0.4 is 10.1 Å². The number of hydrogen-bond acceptors (Lipinski definition) is 3. The van der Waals surface area contributed by atoms with E-state index in [1.54, 1.807) is 12.1 Å². The SMILES string of the molecule is C[C@H]1[C@H]2Cc3ccc(C(=O)NCCc4ccc(-c5ccc(OC(F)(F)F)cc5)cc4)cc3[C@]1(C)CCN2CC1CC1. The third-order valence-corrected chi connectivity index (χ3v) is 9.65. The number of carbonyl (C=O) groups excluding carboxylic acids is 1. The summed E-state index contributed by atoms with van der Waals surface area (Å²) in [6.45, 7) is 7.71. The zero-order valence-corrected chi connectivity index (χ0v) is 23.6. The molecule has 3 aliphatic rings. The van der Waals surface area contributed by atoms with Crippen LogP contribution in [0.1, 0.15) is 60.2 Å². The van der Waals surface area contributed by atoms with Gasteiger partial charge < -0.3 is 10.1 Å². The molecule has 2 bridgehead atoms. The molecule has 2 fully saturated rings. The topological polar surface area (TPSA) is 41.6 Å². The van der Waals surface area contributed by atoms with Crippen molar-refractivity contribution < 1.29 is 22.7 Å². The van der Waals surface area contributed by atoms with Gasteiger partial charge in [-0.1, -0.05) is 56.3 Å². The van der Waals surface area contributed by atoms with Gasteiger partial charge in [0.2, 0.25) is 0 Å². The zero-order chi connectivity index (χ0) is 28.8. The molecule has 0 aromatic heterocycles. The smallest absolute Gasteiger partial charge is 0.406 e. The Bertz CT molecular complexity index is 1400. The molecule has 1 aliphatic heterocycles. The molecule has 4 nitrogen and oxygen atoms in total. The molecular formula is C34H37F3N2O2. The molecule has 1 saturated heterocycles. The first-order valence-electron chi connectivity index (χ1n) is 14.7. The maximum absolute atomic E-state index is 13.1. The van der Waals surface area contributed by atoms with E-state index in [2.05, 4.69) is 40.9 Å². The van der Waals surface area contributed by atoms with Crippen molar-refractivity contribution in [3.63, 3.8) is 0 Å². The highest BCUT2D eigenvalue weighted by Gasteiger charge is 2.49. The van der Waals surface area contributed by atoms with Gasteiger partial charge in [-0.15, -0.1) is 13.2 Å². The maximum atomic E-state index is 13.1. The average Bonchev–Trinajstić information content (AvgIpc) is 3.76. The number of carbonyl (C=O) groups is 1. The molecule has 7 heteroatoms. The van der Waals surface area contributed by atoms with Crippen LogP contribution in [-0.2, 0) is 18.3 Å². The normalized spacial score (nSPS) is 24.0. The zero-order valence-electron chi connectivity index (χ0n) is 23.6. The number of benzene rings is 3. The van der Waals surface area contributed by atoms with Crippen LogP contribution in [0.25, 0.3) is 11.1 Å². The number of halogens is 3. The Hall–Kier alpha value is -3.32. The molecular weight excluding hydrogens is 525 g/mol. The fourth-order valence-corrected chi connectivity index (χ4v) is 6.84. The summed E-state index contributed by atoms with van der Waals surface area (Å²) < 4.78 is 41.1. The Labute approximate surface area is 239 Å². The molecule has 1 saturated carbocycles. The average molecular weight is 563 g/mol. The lowest BCUT2D eigenvalue weighted by Crippen LogP contribution is -2.58. The van der Waals surface area contributed by atoms with Crippen LogP contribution in [0.2, 0.25) is 0 Å². The van der Waals surface area contributed by atoms with E-state index < -0.39 is 6.36 Å². The minimum Gasteiger partial charge on any atom is -0.406 e. The number of likely N-dealkylation sites (tertiary alicyclic amines) is 1. The van der Waals surface area contributed by atoms with E-state index in [1.807, 2.05) is 30.3 Å². The number of amides is 1. The minimum atomic E-state index is -4.70. The second-order valence-corrected chi connectivity index (χ2v) is 12.3. The van der Waals surface area contributed by atoms with Gasteiger partial charge >= 0.3 is 6.36 Å². The molecule has 2 aliphatic carbocycles. The highest BCUT2D eigenvalue weighted by atomic mass is 19.4. The van der Waals surface area contributed by atoms with Crippen LogP contribution in [0.3, 0.4) is 0 Å². The number of nitrogens with zero attached hydrogens (tertiary/aromatic N) is 1. The second kappa shape index (κ2) is 10.8. The lowest BCUT2D eigenvalue weighted by atomic mass is 9.59. The molecule has 1 amide bonds. The van der Waals surface area contributed by atoms with Gasteiger partial charge in [0.25, 0.3) is 5.91 Å². The lowest BCUT2D eigenvalue weighted by Gasteiger charge is -2.55. The monoisotopic (exact) mass is 562 g/mol. The molecule has 216 valence electrons. The summed E-state index contributed by atoms with van der Waals surface area (Å²) >= 11 is 0. The molecule has 6 rings (SSSR count). The predicted molar refractivity (Wildman–Crippen MR) is 154 cm³/mol. The number of nitrogens with one attached hydrogen (secondary N) is 1. The van der Waals surface area contributed by atoms with Crippen molar-refractivity contribution in [1.29, 1.82) is 0 Å². The first-order chi connectivity index (χ1) is 19.6. The van der Waals surface area contributed by atoms with Gasteiger partial charge in [0.05, 0.1) is 0 Å². The number of alkyl halides is 3. The van der Waals surface area contributed by atoms with E-state index in [-0.39, 0.29) is 17.1 Å². The molecule has 41 heavy (non-hydrogen) atoms. The molecule has 0 spiro atoms. The summed E-state index contributed by atoms with van der Waals surface area (Å²) in [7, 11) is 0. The summed E-state index contributed by atoms with van der Waals surface area (Å²) in [5.41, 5.74) is 6.35. The predicted octanol–water partition coefficient (Wildman–Crippen LogP) is 7.16. The fourth-order valence-electron chi connectivity index (χ4n) is 6.84. The van der Waals surface area contributed by atoms with Crippen LogP contribution in [-0.4, -0.2) is 42.8 Å².